The van der Waals surface area contributed by atoms with Gasteiger partial charge in [-0.2, -0.15) is 0 Å². The molecule has 2 atom stereocenters. The van der Waals surface area contributed by atoms with Gasteiger partial charge in [0, 0.05) is 17.2 Å². The van der Waals surface area contributed by atoms with Crippen LogP contribution in [0.5, 0.6) is 0 Å². The number of hydrogen-bond acceptors (Lipinski definition) is 2. The molecule has 2 heteroatoms. The van der Waals surface area contributed by atoms with Crippen LogP contribution in [0.4, 0.5) is 5.69 Å². The lowest BCUT2D eigenvalue weighted by molar-refractivity contribution is 0.0888. The van der Waals surface area contributed by atoms with Crippen LogP contribution in [-0.4, -0.2) is 5.78 Å². The molecule has 1 N–H and O–H groups in total. The summed E-state index contributed by atoms with van der Waals surface area (Å²) in [5, 5.41) is 3.74. The average Bonchev–Trinajstić information content (AvgIpc) is 2.99. The largest absolute Gasteiger partial charge is 0.368 e. The van der Waals surface area contributed by atoms with E-state index < -0.39 is 5.54 Å². The van der Waals surface area contributed by atoms with Crippen LogP contribution in [0, 0.1) is 6.92 Å². The molecule has 1 spiro atoms. The Morgan fingerprint density at radius 3 is 2.37 bits per heavy atom. The van der Waals surface area contributed by atoms with Gasteiger partial charge in [-0.1, -0.05) is 80.1 Å². The molecule has 5 rings (SSSR count). The molecule has 1 aliphatic heterocycles. The summed E-state index contributed by atoms with van der Waals surface area (Å²) >= 11 is 0. The minimum Gasteiger partial charge on any atom is -0.368 e. The third-order valence-corrected chi connectivity index (χ3v) is 6.39. The summed E-state index contributed by atoms with van der Waals surface area (Å²) in [6.45, 7) is 6.52. The number of ketones is 1. The molecule has 0 saturated carbocycles. The Bertz CT molecular complexity index is 1100. The van der Waals surface area contributed by atoms with Gasteiger partial charge in [0.25, 0.3) is 0 Å². The van der Waals surface area contributed by atoms with Crippen molar-refractivity contribution in [2.75, 3.05) is 5.32 Å². The first kappa shape index (κ1) is 16.3. The van der Waals surface area contributed by atoms with Gasteiger partial charge in [-0.15, -0.1) is 0 Å². The Morgan fingerprint density at radius 1 is 0.963 bits per heavy atom. The smallest absolute Gasteiger partial charge is 0.194 e. The lowest BCUT2D eigenvalue weighted by atomic mass is 9.67. The van der Waals surface area contributed by atoms with E-state index in [4.69, 9.17) is 0 Å². The molecule has 0 radical (unpaired) electrons. The molecule has 0 amide bonds. The van der Waals surface area contributed by atoms with Crippen molar-refractivity contribution < 1.29 is 4.79 Å². The molecule has 0 fully saturated rings. The number of carbonyl (C=O) groups excluding carboxylic acids is 1. The van der Waals surface area contributed by atoms with Gasteiger partial charge in [-0.25, -0.2) is 0 Å². The Hall–Kier alpha value is -2.87. The number of anilines is 1. The number of benzene rings is 3. The summed E-state index contributed by atoms with van der Waals surface area (Å²) in [5.74, 6) is 0.250. The number of nitrogens with one attached hydrogen (secondary N) is 1. The van der Waals surface area contributed by atoms with Gasteiger partial charge in [-0.05, 0) is 41.2 Å². The number of hydrogen-bond donors (Lipinski definition) is 1. The summed E-state index contributed by atoms with van der Waals surface area (Å²) < 4.78 is 0. The predicted molar refractivity (Wildman–Crippen MR) is 110 cm³/mol. The average molecular weight is 353 g/mol. The van der Waals surface area contributed by atoms with E-state index in [0.29, 0.717) is 0 Å². The van der Waals surface area contributed by atoms with Crippen molar-refractivity contribution in [1.29, 1.82) is 0 Å². The summed E-state index contributed by atoms with van der Waals surface area (Å²) in [7, 11) is 0. The monoisotopic (exact) mass is 353 g/mol. The van der Waals surface area contributed by atoms with E-state index in [1.165, 1.54) is 16.7 Å². The minimum atomic E-state index is -0.731. The molecule has 0 bridgehead atoms. The lowest BCUT2D eigenvalue weighted by Gasteiger charge is -2.39. The van der Waals surface area contributed by atoms with Gasteiger partial charge >= 0.3 is 0 Å². The van der Waals surface area contributed by atoms with Gasteiger partial charge in [0.1, 0.15) is 5.54 Å². The minimum absolute atomic E-state index is 0.0692. The van der Waals surface area contributed by atoms with Crippen LogP contribution in [0.3, 0.4) is 0 Å². The fraction of sp³-hybridized carbons (Fsp3) is 0.240. The molecular formula is C25H23NO. The maximum absolute atomic E-state index is 13.9. The van der Waals surface area contributed by atoms with Crippen LogP contribution in [-0.2, 0) is 12.0 Å². The fourth-order valence-corrected chi connectivity index (χ4v) is 5.07. The van der Waals surface area contributed by atoms with Crippen LogP contribution in [0.25, 0.3) is 11.1 Å². The molecule has 0 saturated heterocycles. The van der Waals surface area contributed by atoms with Crippen LogP contribution in [0.15, 0.2) is 60.7 Å². The summed E-state index contributed by atoms with van der Waals surface area (Å²) in [5.41, 5.74) is 8.34. The molecule has 0 aromatic heterocycles. The fourth-order valence-electron chi connectivity index (χ4n) is 5.07. The quantitative estimate of drug-likeness (QED) is 0.595. The van der Waals surface area contributed by atoms with Crippen molar-refractivity contribution in [3.05, 3.63) is 88.5 Å². The molecule has 27 heavy (non-hydrogen) atoms. The molecule has 134 valence electrons. The standard InChI is InChI=1S/C25H23NO/c1-4-17-13-15(2)14-21-16(3)25(26-23(17)21)22-12-8-7-10-19(22)18-9-5-6-11-20(18)24(25)27/h5-14,16,26H,4H2,1-3H3/t16-,25-/m0/s1. The van der Waals surface area contributed by atoms with Crippen LogP contribution in [0.1, 0.15) is 52.4 Å². The van der Waals surface area contributed by atoms with Crippen molar-refractivity contribution in [3.63, 3.8) is 0 Å². The molecule has 1 aliphatic carbocycles. The molecule has 2 nitrogen and oxygen atoms in total. The molecule has 0 unspecified atom stereocenters. The first-order valence-corrected chi connectivity index (χ1v) is 9.73. The number of carbonyl (C=O) groups is 1. The highest BCUT2D eigenvalue weighted by Gasteiger charge is 2.54. The van der Waals surface area contributed by atoms with E-state index in [1.54, 1.807) is 0 Å². The number of Topliss-reactive ketones (excluding diaryl/α,β-unsaturated/α-hetero) is 1. The maximum Gasteiger partial charge on any atom is 0.194 e. The van der Waals surface area contributed by atoms with Gasteiger partial charge in [0.05, 0.1) is 0 Å². The number of fused-ring (bicyclic) bond motifs is 5. The first-order chi connectivity index (χ1) is 13.1. The third-order valence-electron chi connectivity index (χ3n) is 6.39. The van der Waals surface area contributed by atoms with Gasteiger partial charge in [0.2, 0.25) is 0 Å². The second kappa shape index (κ2) is 5.56. The number of aryl methyl sites for hydroxylation is 2. The lowest BCUT2D eigenvalue weighted by Crippen LogP contribution is -2.46. The molecular weight excluding hydrogens is 330 g/mol. The summed E-state index contributed by atoms with van der Waals surface area (Å²) in [4.78, 5) is 13.9. The van der Waals surface area contributed by atoms with Crippen molar-refractivity contribution in [2.24, 2.45) is 0 Å². The topological polar surface area (TPSA) is 29.1 Å². The second-order valence-electron chi connectivity index (χ2n) is 7.82. The van der Waals surface area contributed by atoms with Gasteiger partial charge in [0.15, 0.2) is 5.78 Å². The molecule has 2 aliphatic rings. The van der Waals surface area contributed by atoms with E-state index in [1.807, 2.05) is 24.3 Å². The van der Waals surface area contributed by atoms with Gasteiger partial charge < -0.3 is 5.32 Å². The van der Waals surface area contributed by atoms with Crippen molar-refractivity contribution in [1.82, 2.24) is 0 Å². The van der Waals surface area contributed by atoms with E-state index in [-0.39, 0.29) is 11.7 Å². The van der Waals surface area contributed by atoms with Crippen molar-refractivity contribution in [3.8, 4) is 11.1 Å². The maximum atomic E-state index is 13.9. The Morgan fingerprint density at radius 2 is 1.63 bits per heavy atom. The SMILES string of the molecule is CCc1cc(C)cc2c1N[C@@]1(C(=O)c3ccccc3-c3ccccc31)[C@H]2C. The van der Waals surface area contributed by atoms with E-state index in [9.17, 15) is 4.79 Å². The zero-order chi connectivity index (χ0) is 18.8. The normalized spacial score (nSPS) is 22.2. The third kappa shape index (κ3) is 1.98. The van der Waals surface area contributed by atoms with Crippen LogP contribution >= 0.6 is 0 Å². The highest BCUT2D eigenvalue weighted by atomic mass is 16.1. The van der Waals surface area contributed by atoms with Crippen LogP contribution < -0.4 is 5.32 Å². The highest BCUT2D eigenvalue weighted by molar-refractivity contribution is 6.15. The summed E-state index contributed by atoms with van der Waals surface area (Å²) in [6.07, 6.45) is 0.951. The molecule has 3 aromatic carbocycles. The number of rotatable bonds is 1. The zero-order valence-corrected chi connectivity index (χ0v) is 16.0. The van der Waals surface area contributed by atoms with Crippen molar-refractivity contribution in [2.45, 2.75) is 38.6 Å². The Kier molecular flexibility index (Phi) is 3.36. The van der Waals surface area contributed by atoms with E-state index in [0.717, 1.165) is 34.4 Å². The molecule has 3 aromatic rings. The zero-order valence-electron chi connectivity index (χ0n) is 16.0. The van der Waals surface area contributed by atoms with Crippen molar-refractivity contribution >= 4 is 11.5 Å². The van der Waals surface area contributed by atoms with Gasteiger partial charge in [-0.3, -0.25) is 4.79 Å². The van der Waals surface area contributed by atoms with Crippen LogP contribution in [0.2, 0.25) is 0 Å². The Balaban J connectivity index is 1.82. The first-order valence-electron chi connectivity index (χ1n) is 9.73. The summed E-state index contributed by atoms with van der Waals surface area (Å²) in [6, 6.07) is 20.9. The molecule has 1 heterocycles. The highest BCUT2D eigenvalue weighted by Crippen LogP contribution is 2.56. The van der Waals surface area contributed by atoms with E-state index in [2.05, 4.69) is 62.5 Å². The second-order valence-corrected chi connectivity index (χ2v) is 7.82. The Labute approximate surface area is 160 Å². The van der Waals surface area contributed by atoms with E-state index >= 15 is 0 Å². The predicted octanol–water partition coefficient (Wildman–Crippen LogP) is 5.85.